The van der Waals surface area contributed by atoms with Crippen LogP contribution in [0.2, 0.25) is 0 Å². The average molecular weight is 319 g/mol. The zero-order valence-corrected chi connectivity index (χ0v) is 14.8. The van der Waals surface area contributed by atoms with Crippen molar-refractivity contribution in [3.8, 4) is 0 Å². The molecule has 1 aromatic heterocycles. The van der Waals surface area contributed by atoms with Crippen molar-refractivity contribution >= 4 is 6.09 Å². The highest BCUT2D eigenvalue weighted by atomic mass is 16.6. The number of amides is 1. The first-order chi connectivity index (χ1) is 10.8. The minimum Gasteiger partial charge on any atom is -0.444 e. The number of aryl methyl sites for hydroxylation is 2. The number of hydrogen-bond acceptors (Lipinski definition) is 3. The van der Waals surface area contributed by atoms with Gasteiger partial charge in [-0.15, -0.1) is 0 Å². The lowest BCUT2D eigenvalue weighted by Crippen LogP contribution is -2.50. The van der Waals surface area contributed by atoms with Crippen molar-refractivity contribution in [3.05, 3.63) is 17.5 Å². The van der Waals surface area contributed by atoms with Gasteiger partial charge in [0, 0.05) is 25.3 Å². The fourth-order valence-corrected chi connectivity index (χ4v) is 3.99. The summed E-state index contributed by atoms with van der Waals surface area (Å²) in [6.45, 7) is 6.64. The molecule has 5 nitrogen and oxygen atoms in total. The summed E-state index contributed by atoms with van der Waals surface area (Å²) < 4.78 is 7.65. The van der Waals surface area contributed by atoms with Gasteiger partial charge in [0.05, 0.1) is 6.20 Å². The van der Waals surface area contributed by atoms with Crippen LogP contribution in [0.25, 0.3) is 0 Å². The topological polar surface area (TPSA) is 47.4 Å². The standard InChI is InChI=1S/C18H29N3O2/c1-18(2,3)23-17(22)21-10-6-5-7-15(21)13-8-9-14-12-19-20(4)16(14)11-13/h12-13,15H,5-11H2,1-4H3/t13-,15+/m0/s1. The highest BCUT2D eigenvalue weighted by molar-refractivity contribution is 5.68. The van der Waals surface area contributed by atoms with Gasteiger partial charge >= 0.3 is 6.09 Å². The first kappa shape index (κ1) is 16.3. The molecular weight excluding hydrogens is 290 g/mol. The number of hydrogen-bond donors (Lipinski definition) is 0. The van der Waals surface area contributed by atoms with Crippen molar-refractivity contribution in [2.75, 3.05) is 6.54 Å². The Bertz CT molecular complexity index is 573. The smallest absolute Gasteiger partial charge is 0.410 e. The van der Waals surface area contributed by atoms with Gasteiger partial charge in [0.1, 0.15) is 5.60 Å². The second kappa shape index (κ2) is 6.17. The molecule has 1 amide bonds. The van der Waals surface area contributed by atoms with E-state index in [-0.39, 0.29) is 6.09 Å². The van der Waals surface area contributed by atoms with E-state index in [1.54, 1.807) is 0 Å². The van der Waals surface area contributed by atoms with Crippen LogP contribution in [0.5, 0.6) is 0 Å². The predicted molar refractivity (Wildman–Crippen MR) is 89.3 cm³/mol. The molecule has 1 aliphatic carbocycles. The van der Waals surface area contributed by atoms with Gasteiger partial charge in [-0.2, -0.15) is 5.10 Å². The monoisotopic (exact) mass is 319 g/mol. The van der Waals surface area contributed by atoms with Crippen LogP contribution in [0.3, 0.4) is 0 Å². The lowest BCUT2D eigenvalue weighted by atomic mass is 9.79. The van der Waals surface area contributed by atoms with Gasteiger partial charge in [-0.1, -0.05) is 0 Å². The van der Waals surface area contributed by atoms with E-state index in [4.69, 9.17) is 4.74 Å². The van der Waals surface area contributed by atoms with Gasteiger partial charge in [0.25, 0.3) is 0 Å². The van der Waals surface area contributed by atoms with E-state index in [2.05, 4.69) is 5.10 Å². The molecular formula is C18H29N3O2. The van der Waals surface area contributed by atoms with Crippen molar-refractivity contribution in [1.29, 1.82) is 0 Å². The fraction of sp³-hybridized carbons (Fsp3) is 0.778. The summed E-state index contributed by atoms with van der Waals surface area (Å²) in [5.41, 5.74) is 2.29. The SMILES string of the molecule is Cn1ncc2c1C[C@@H]([C@H]1CCCCN1C(=O)OC(C)(C)C)CC2. The molecule has 0 radical (unpaired) electrons. The number of rotatable bonds is 1. The molecule has 0 unspecified atom stereocenters. The van der Waals surface area contributed by atoms with Gasteiger partial charge in [-0.3, -0.25) is 4.68 Å². The number of nitrogens with zero attached hydrogens (tertiary/aromatic N) is 3. The first-order valence-corrected chi connectivity index (χ1v) is 8.84. The molecule has 23 heavy (non-hydrogen) atoms. The highest BCUT2D eigenvalue weighted by Gasteiger charge is 2.37. The number of piperidine rings is 1. The molecule has 2 atom stereocenters. The maximum absolute atomic E-state index is 12.6. The van der Waals surface area contributed by atoms with Crippen LogP contribution in [0.4, 0.5) is 4.79 Å². The molecule has 5 heteroatoms. The minimum atomic E-state index is -0.430. The van der Waals surface area contributed by atoms with Crippen molar-refractivity contribution in [2.45, 2.75) is 70.9 Å². The zero-order chi connectivity index (χ0) is 16.6. The van der Waals surface area contributed by atoms with E-state index < -0.39 is 5.60 Å². The number of aromatic nitrogens is 2. The van der Waals surface area contributed by atoms with Crippen molar-refractivity contribution in [2.24, 2.45) is 13.0 Å². The Kier molecular flexibility index (Phi) is 4.39. The molecule has 0 aromatic carbocycles. The maximum Gasteiger partial charge on any atom is 0.410 e. The second-order valence-corrected chi connectivity index (χ2v) is 7.98. The Hall–Kier alpha value is -1.52. The van der Waals surface area contributed by atoms with Crippen LogP contribution in [0.1, 0.15) is 57.7 Å². The summed E-state index contributed by atoms with van der Waals surface area (Å²) in [6.07, 6.45) is 8.48. The van der Waals surface area contributed by atoms with Crippen LogP contribution in [0, 0.1) is 5.92 Å². The molecule has 2 aliphatic rings. The van der Waals surface area contributed by atoms with Gasteiger partial charge < -0.3 is 9.64 Å². The quantitative estimate of drug-likeness (QED) is 0.798. The lowest BCUT2D eigenvalue weighted by molar-refractivity contribution is 0.000170. The summed E-state index contributed by atoms with van der Waals surface area (Å²) in [4.78, 5) is 14.6. The summed E-state index contributed by atoms with van der Waals surface area (Å²) in [5, 5.41) is 4.39. The third kappa shape index (κ3) is 3.54. The highest BCUT2D eigenvalue weighted by Crippen LogP contribution is 2.34. The lowest BCUT2D eigenvalue weighted by Gasteiger charge is -2.42. The van der Waals surface area contributed by atoms with E-state index in [1.165, 1.54) is 17.7 Å². The van der Waals surface area contributed by atoms with Crippen LogP contribution in [0.15, 0.2) is 6.20 Å². The van der Waals surface area contributed by atoms with Crippen LogP contribution < -0.4 is 0 Å². The summed E-state index contributed by atoms with van der Waals surface area (Å²) in [5.74, 6) is 0.519. The van der Waals surface area contributed by atoms with Crippen molar-refractivity contribution in [3.63, 3.8) is 0 Å². The van der Waals surface area contributed by atoms with E-state index in [0.717, 1.165) is 38.6 Å². The molecule has 1 aliphatic heterocycles. The summed E-state index contributed by atoms with van der Waals surface area (Å²) >= 11 is 0. The molecule has 1 fully saturated rings. The Labute approximate surface area is 139 Å². The van der Waals surface area contributed by atoms with Gasteiger partial charge in [-0.05, 0) is 70.8 Å². The van der Waals surface area contributed by atoms with Gasteiger partial charge in [0.2, 0.25) is 0 Å². The van der Waals surface area contributed by atoms with Crippen LogP contribution >= 0.6 is 0 Å². The third-order valence-corrected chi connectivity index (χ3v) is 5.11. The Balaban J connectivity index is 1.74. The van der Waals surface area contributed by atoms with E-state index in [1.807, 2.05) is 43.6 Å². The third-order valence-electron chi connectivity index (χ3n) is 5.11. The second-order valence-electron chi connectivity index (χ2n) is 7.98. The fourth-order valence-electron chi connectivity index (χ4n) is 3.99. The molecule has 1 aromatic rings. The Morgan fingerprint density at radius 1 is 1.30 bits per heavy atom. The number of fused-ring (bicyclic) bond motifs is 1. The first-order valence-electron chi connectivity index (χ1n) is 8.84. The van der Waals surface area contributed by atoms with E-state index in [0.29, 0.717) is 12.0 Å². The summed E-state index contributed by atoms with van der Waals surface area (Å²) in [6, 6.07) is 0.307. The number of ether oxygens (including phenoxy) is 1. The molecule has 3 rings (SSSR count). The normalized spacial score (nSPS) is 25.1. The maximum atomic E-state index is 12.6. The molecule has 1 saturated heterocycles. The number of carbonyl (C=O) groups excluding carboxylic acids is 1. The van der Waals surface area contributed by atoms with Crippen molar-refractivity contribution < 1.29 is 9.53 Å². The molecule has 0 bridgehead atoms. The molecule has 0 N–H and O–H groups in total. The molecule has 2 heterocycles. The van der Waals surface area contributed by atoms with Gasteiger partial charge in [0.15, 0.2) is 0 Å². The van der Waals surface area contributed by atoms with Gasteiger partial charge in [-0.25, -0.2) is 4.79 Å². The predicted octanol–water partition coefficient (Wildman–Crippen LogP) is 3.31. The minimum absolute atomic E-state index is 0.141. The van der Waals surface area contributed by atoms with Crippen molar-refractivity contribution in [1.82, 2.24) is 14.7 Å². The van der Waals surface area contributed by atoms with E-state index in [9.17, 15) is 4.79 Å². The summed E-state index contributed by atoms with van der Waals surface area (Å²) in [7, 11) is 2.02. The molecule has 0 saturated carbocycles. The number of likely N-dealkylation sites (tertiary alicyclic amines) is 1. The largest absolute Gasteiger partial charge is 0.444 e. The number of carbonyl (C=O) groups is 1. The average Bonchev–Trinajstić information content (AvgIpc) is 2.86. The molecule has 128 valence electrons. The molecule has 0 spiro atoms. The Morgan fingerprint density at radius 2 is 2.09 bits per heavy atom. The van der Waals surface area contributed by atoms with E-state index >= 15 is 0 Å². The Morgan fingerprint density at radius 3 is 2.83 bits per heavy atom. The van der Waals surface area contributed by atoms with Crippen LogP contribution in [-0.2, 0) is 24.6 Å². The van der Waals surface area contributed by atoms with Crippen LogP contribution in [-0.4, -0.2) is 39.0 Å². The zero-order valence-electron chi connectivity index (χ0n) is 14.8.